The smallest absolute Gasteiger partial charge is 0.233 e. The Balaban J connectivity index is 1.55. The van der Waals surface area contributed by atoms with Gasteiger partial charge >= 0.3 is 0 Å². The number of carbonyl (C=O) groups is 3. The lowest BCUT2D eigenvalue weighted by Crippen LogP contribution is -2.36. The van der Waals surface area contributed by atoms with Crippen LogP contribution in [-0.4, -0.2) is 29.2 Å². The third-order valence-corrected chi connectivity index (χ3v) is 5.57. The van der Waals surface area contributed by atoms with Crippen molar-refractivity contribution in [2.75, 3.05) is 6.54 Å². The summed E-state index contributed by atoms with van der Waals surface area (Å²) in [6.07, 6.45) is 5.32. The zero-order valence-electron chi connectivity index (χ0n) is 15.6. The summed E-state index contributed by atoms with van der Waals surface area (Å²) in [6, 6.07) is 6.02. The summed E-state index contributed by atoms with van der Waals surface area (Å²) in [5, 5.41) is 2.96. The van der Waals surface area contributed by atoms with E-state index >= 15 is 0 Å². The van der Waals surface area contributed by atoms with Crippen molar-refractivity contribution in [3.8, 4) is 0 Å². The van der Waals surface area contributed by atoms with Crippen LogP contribution in [0, 0.1) is 25.7 Å². The quantitative estimate of drug-likeness (QED) is 0.653. The summed E-state index contributed by atoms with van der Waals surface area (Å²) in [5.41, 5.74) is 3.45. The lowest BCUT2D eigenvalue weighted by Gasteiger charge is -2.18. The number of rotatable bonds is 5. The van der Waals surface area contributed by atoms with Crippen molar-refractivity contribution >= 4 is 17.7 Å². The van der Waals surface area contributed by atoms with Gasteiger partial charge in [-0.1, -0.05) is 30.4 Å². The maximum Gasteiger partial charge on any atom is 0.233 e. The molecule has 3 atom stereocenters. The van der Waals surface area contributed by atoms with Gasteiger partial charge in [0.25, 0.3) is 0 Å². The lowest BCUT2D eigenvalue weighted by atomic mass is 9.85. The van der Waals surface area contributed by atoms with E-state index in [1.165, 1.54) is 16.0 Å². The molecule has 1 fully saturated rings. The summed E-state index contributed by atoms with van der Waals surface area (Å²) >= 11 is 0. The van der Waals surface area contributed by atoms with E-state index in [-0.39, 0.29) is 48.6 Å². The third-order valence-electron chi connectivity index (χ3n) is 5.57. The molecular weight excluding hydrogens is 328 g/mol. The van der Waals surface area contributed by atoms with Gasteiger partial charge in [-0.15, -0.1) is 0 Å². The zero-order chi connectivity index (χ0) is 18.8. The second-order valence-electron chi connectivity index (χ2n) is 7.37. The minimum absolute atomic E-state index is 0.112. The first kappa shape index (κ1) is 18.4. The van der Waals surface area contributed by atoms with Gasteiger partial charge in [0.1, 0.15) is 0 Å². The van der Waals surface area contributed by atoms with Gasteiger partial charge in [-0.2, -0.15) is 0 Å². The van der Waals surface area contributed by atoms with E-state index in [4.69, 9.17) is 0 Å². The van der Waals surface area contributed by atoms with Crippen molar-refractivity contribution < 1.29 is 14.4 Å². The number of benzene rings is 1. The van der Waals surface area contributed by atoms with Crippen LogP contribution in [-0.2, 0) is 14.4 Å². The van der Waals surface area contributed by atoms with Crippen LogP contribution < -0.4 is 5.32 Å². The van der Waals surface area contributed by atoms with Gasteiger partial charge in [0, 0.05) is 13.0 Å². The average molecular weight is 354 g/mol. The molecular formula is C21H26N2O3. The van der Waals surface area contributed by atoms with E-state index in [0.29, 0.717) is 12.8 Å². The largest absolute Gasteiger partial charge is 0.350 e. The van der Waals surface area contributed by atoms with Gasteiger partial charge in [-0.05, 0) is 50.3 Å². The van der Waals surface area contributed by atoms with Gasteiger partial charge in [-0.25, -0.2) is 0 Å². The monoisotopic (exact) mass is 354 g/mol. The number of nitrogens with zero attached hydrogens (tertiary/aromatic N) is 1. The molecule has 0 radical (unpaired) electrons. The molecule has 1 aliphatic carbocycles. The van der Waals surface area contributed by atoms with Crippen LogP contribution in [0.2, 0.25) is 0 Å². The minimum Gasteiger partial charge on any atom is -0.350 e. The molecule has 2 aliphatic rings. The number of carbonyl (C=O) groups excluding carboxylic acids is 3. The molecule has 3 amide bonds. The second kappa shape index (κ2) is 7.44. The standard InChI is InChI=1S/C21H26N2O3/c1-13-8-9-16(12-14(13)2)15(3)22-19(24)10-11-23-20(25)17-6-4-5-7-18(17)21(23)26/h4-5,8-9,12,15,17-18H,6-7,10-11H2,1-3H3,(H,22,24)/t15-,17-,18+/m0/s1. The fourth-order valence-electron chi connectivity index (χ4n) is 3.73. The Morgan fingerprint density at radius 3 is 2.31 bits per heavy atom. The van der Waals surface area contributed by atoms with Crippen molar-refractivity contribution in [2.45, 2.75) is 46.1 Å². The molecule has 1 aliphatic heterocycles. The van der Waals surface area contributed by atoms with Crippen LogP contribution in [0.5, 0.6) is 0 Å². The molecule has 5 nitrogen and oxygen atoms in total. The predicted octanol–water partition coefficient (Wildman–Crippen LogP) is 2.82. The second-order valence-corrected chi connectivity index (χ2v) is 7.37. The van der Waals surface area contributed by atoms with E-state index < -0.39 is 0 Å². The number of likely N-dealkylation sites (tertiary alicyclic amines) is 1. The summed E-state index contributed by atoms with van der Waals surface area (Å²) in [5.74, 6) is -0.863. The van der Waals surface area contributed by atoms with Crippen molar-refractivity contribution in [2.24, 2.45) is 11.8 Å². The van der Waals surface area contributed by atoms with Gasteiger partial charge in [-0.3, -0.25) is 19.3 Å². The van der Waals surface area contributed by atoms with E-state index in [1.807, 2.05) is 38.1 Å². The minimum atomic E-state index is -0.231. The van der Waals surface area contributed by atoms with E-state index in [9.17, 15) is 14.4 Å². The molecule has 138 valence electrons. The zero-order valence-corrected chi connectivity index (χ0v) is 15.6. The predicted molar refractivity (Wildman–Crippen MR) is 99.2 cm³/mol. The summed E-state index contributed by atoms with van der Waals surface area (Å²) in [6.45, 7) is 6.20. The molecule has 1 heterocycles. The van der Waals surface area contributed by atoms with Crippen LogP contribution in [0.15, 0.2) is 30.4 Å². The Kier molecular flexibility index (Phi) is 5.25. The van der Waals surface area contributed by atoms with E-state index in [1.54, 1.807) is 0 Å². The van der Waals surface area contributed by atoms with Crippen LogP contribution in [0.25, 0.3) is 0 Å². The number of aryl methyl sites for hydroxylation is 2. The SMILES string of the molecule is Cc1ccc([C@H](C)NC(=O)CCN2C(=O)[C@H]3CC=CC[C@H]3C2=O)cc1C. The molecule has 0 unspecified atom stereocenters. The summed E-state index contributed by atoms with van der Waals surface area (Å²) in [7, 11) is 0. The lowest BCUT2D eigenvalue weighted by molar-refractivity contribution is -0.140. The van der Waals surface area contributed by atoms with Crippen molar-refractivity contribution in [1.29, 1.82) is 0 Å². The number of allylic oxidation sites excluding steroid dienone is 2. The number of hydrogen-bond acceptors (Lipinski definition) is 3. The Labute approximate surface area is 154 Å². The number of fused-ring (bicyclic) bond motifs is 1. The number of nitrogens with one attached hydrogen (secondary N) is 1. The maximum atomic E-state index is 12.4. The van der Waals surface area contributed by atoms with Crippen molar-refractivity contribution in [3.05, 3.63) is 47.0 Å². The molecule has 5 heteroatoms. The van der Waals surface area contributed by atoms with Crippen LogP contribution in [0.1, 0.15) is 48.9 Å². The molecule has 0 aromatic heterocycles. The number of imide groups is 1. The van der Waals surface area contributed by atoms with E-state index in [0.717, 1.165) is 5.56 Å². The van der Waals surface area contributed by atoms with E-state index in [2.05, 4.69) is 18.3 Å². The first-order chi connectivity index (χ1) is 12.4. The molecule has 3 rings (SSSR count). The highest BCUT2D eigenvalue weighted by Crippen LogP contribution is 2.35. The van der Waals surface area contributed by atoms with Crippen molar-refractivity contribution in [1.82, 2.24) is 10.2 Å². The molecule has 1 aromatic carbocycles. The fourth-order valence-corrected chi connectivity index (χ4v) is 3.73. The molecule has 26 heavy (non-hydrogen) atoms. The number of amides is 3. The van der Waals surface area contributed by atoms with Crippen LogP contribution >= 0.6 is 0 Å². The Morgan fingerprint density at radius 2 is 1.73 bits per heavy atom. The highest BCUT2D eigenvalue weighted by atomic mass is 16.2. The maximum absolute atomic E-state index is 12.4. The Hall–Kier alpha value is -2.43. The topological polar surface area (TPSA) is 66.5 Å². The molecule has 0 bridgehead atoms. The fraction of sp³-hybridized carbons (Fsp3) is 0.476. The summed E-state index contributed by atoms with van der Waals surface area (Å²) < 4.78 is 0. The highest BCUT2D eigenvalue weighted by molar-refractivity contribution is 6.05. The molecule has 0 saturated carbocycles. The molecule has 1 N–H and O–H groups in total. The first-order valence-electron chi connectivity index (χ1n) is 9.25. The Morgan fingerprint density at radius 1 is 1.12 bits per heavy atom. The normalized spacial score (nSPS) is 23.1. The van der Waals surface area contributed by atoms with Gasteiger partial charge in [0.15, 0.2) is 0 Å². The highest BCUT2D eigenvalue weighted by Gasteiger charge is 2.46. The molecule has 0 spiro atoms. The first-order valence-corrected chi connectivity index (χ1v) is 9.25. The third kappa shape index (κ3) is 3.57. The molecule has 1 saturated heterocycles. The van der Waals surface area contributed by atoms with Crippen LogP contribution in [0.4, 0.5) is 0 Å². The molecule has 1 aromatic rings. The summed E-state index contributed by atoms with van der Waals surface area (Å²) in [4.78, 5) is 38.4. The van der Waals surface area contributed by atoms with Crippen LogP contribution in [0.3, 0.4) is 0 Å². The Bertz CT molecular complexity index is 743. The van der Waals surface area contributed by atoms with Gasteiger partial charge < -0.3 is 5.32 Å². The number of hydrogen-bond donors (Lipinski definition) is 1. The van der Waals surface area contributed by atoms with Crippen molar-refractivity contribution in [3.63, 3.8) is 0 Å². The average Bonchev–Trinajstić information content (AvgIpc) is 2.86. The van der Waals surface area contributed by atoms with Gasteiger partial charge in [0.05, 0.1) is 17.9 Å². The van der Waals surface area contributed by atoms with Gasteiger partial charge in [0.2, 0.25) is 17.7 Å².